The number of hydrogen-bond acceptors (Lipinski definition) is 2. The van der Waals surface area contributed by atoms with E-state index in [0.29, 0.717) is 0 Å². The summed E-state index contributed by atoms with van der Waals surface area (Å²) in [6.07, 6.45) is 0. The van der Waals surface area contributed by atoms with E-state index in [1.807, 2.05) is 23.6 Å². The second kappa shape index (κ2) is 3.31. The van der Waals surface area contributed by atoms with Gasteiger partial charge in [-0.15, -0.1) is 11.3 Å². The molecule has 4 heteroatoms. The Hall–Kier alpha value is -1.55. The van der Waals surface area contributed by atoms with Gasteiger partial charge in [0.05, 0.1) is 10.6 Å². The number of aromatic amines is 1. The third-order valence-electron chi connectivity index (χ3n) is 2.02. The molecule has 0 radical (unpaired) electrons. The number of aromatic nitrogens is 1. The molecule has 2 N–H and O–H groups in total. The van der Waals surface area contributed by atoms with Crippen LogP contribution in [-0.4, -0.2) is 16.1 Å². The molecule has 72 valence electrons. The van der Waals surface area contributed by atoms with Gasteiger partial charge in [0.2, 0.25) is 0 Å². The van der Waals surface area contributed by atoms with Crippen LogP contribution in [0.15, 0.2) is 23.6 Å². The van der Waals surface area contributed by atoms with Crippen molar-refractivity contribution in [2.24, 2.45) is 0 Å². The highest BCUT2D eigenvalue weighted by Crippen LogP contribution is 2.25. The van der Waals surface area contributed by atoms with Crippen molar-refractivity contribution in [2.45, 2.75) is 6.92 Å². The molecule has 0 spiro atoms. The third kappa shape index (κ3) is 1.44. The Morgan fingerprint density at radius 1 is 1.57 bits per heavy atom. The highest BCUT2D eigenvalue weighted by Gasteiger charge is 2.12. The largest absolute Gasteiger partial charge is 0.477 e. The lowest BCUT2D eigenvalue weighted by molar-refractivity contribution is 0.0690. The van der Waals surface area contributed by atoms with Crippen LogP contribution >= 0.6 is 11.3 Å². The molecular weight excluding hydrogens is 198 g/mol. The van der Waals surface area contributed by atoms with Crippen molar-refractivity contribution in [3.05, 3.63) is 34.8 Å². The molecule has 0 saturated carbocycles. The van der Waals surface area contributed by atoms with Gasteiger partial charge < -0.3 is 10.1 Å². The molecular formula is C10H9NO2S. The SMILES string of the molecule is Cc1cc(-c2cccs2)[nH]c1C(=O)O. The Balaban J connectivity index is 2.48. The van der Waals surface area contributed by atoms with E-state index in [1.54, 1.807) is 18.3 Å². The molecule has 0 aliphatic rings. The van der Waals surface area contributed by atoms with Crippen LogP contribution in [0.25, 0.3) is 10.6 Å². The van der Waals surface area contributed by atoms with E-state index in [4.69, 9.17) is 5.11 Å². The Morgan fingerprint density at radius 3 is 2.86 bits per heavy atom. The summed E-state index contributed by atoms with van der Waals surface area (Å²) in [7, 11) is 0. The molecule has 3 nitrogen and oxygen atoms in total. The first kappa shape index (κ1) is 9.02. The molecule has 0 amide bonds. The summed E-state index contributed by atoms with van der Waals surface area (Å²) in [6, 6.07) is 5.76. The van der Waals surface area contributed by atoms with Gasteiger partial charge in [0.15, 0.2) is 0 Å². The summed E-state index contributed by atoms with van der Waals surface area (Å²) in [5.41, 5.74) is 1.91. The zero-order valence-electron chi connectivity index (χ0n) is 7.57. The minimum atomic E-state index is -0.912. The number of aryl methyl sites for hydroxylation is 1. The second-order valence-corrected chi connectivity index (χ2v) is 3.97. The third-order valence-corrected chi connectivity index (χ3v) is 2.92. The molecule has 14 heavy (non-hydrogen) atoms. The molecule has 0 atom stereocenters. The average molecular weight is 207 g/mol. The molecule has 0 bridgehead atoms. The average Bonchev–Trinajstić information content (AvgIpc) is 2.70. The standard InChI is InChI=1S/C10H9NO2S/c1-6-5-7(8-3-2-4-14-8)11-9(6)10(12)13/h2-5,11H,1H3,(H,12,13). The van der Waals surface area contributed by atoms with Crippen LogP contribution in [0.5, 0.6) is 0 Å². The van der Waals surface area contributed by atoms with Crippen molar-refractivity contribution in [1.82, 2.24) is 4.98 Å². The topological polar surface area (TPSA) is 53.1 Å². The lowest BCUT2D eigenvalue weighted by atomic mass is 10.2. The van der Waals surface area contributed by atoms with Crippen LogP contribution in [0.2, 0.25) is 0 Å². The van der Waals surface area contributed by atoms with Gasteiger partial charge in [0.25, 0.3) is 0 Å². The maximum atomic E-state index is 10.8. The van der Waals surface area contributed by atoms with E-state index in [9.17, 15) is 4.79 Å². The van der Waals surface area contributed by atoms with Gasteiger partial charge in [-0.25, -0.2) is 4.79 Å². The van der Waals surface area contributed by atoms with Crippen molar-refractivity contribution >= 4 is 17.3 Å². The van der Waals surface area contributed by atoms with E-state index in [2.05, 4.69) is 4.98 Å². The molecule has 0 aromatic carbocycles. The maximum Gasteiger partial charge on any atom is 0.352 e. The number of nitrogens with one attached hydrogen (secondary N) is 1. The molecule has 0 saturated heterocycles. The van der Waals surface area contributed by atoms with Crippen molar-refractivity contribution < 1.29 is 9.90 Å². The number of carbonyl (C=O) groups is 1. The summed E-state index contributed by atoms with van der Waals surface area (Å²) >= 11 is 1.59. The van der Waals surface area contributed by atoms with Crippen molar-refractivity contribution in [2.75, 3.05) is 0 Å². The first-order valence-electron chi connectivity index (χ1n) is 4.15. The molecule has 0 fully saturated rings. The zero-order chi connectivity index (χ0) is 10.1. The van der Waals surface area contributed by atoms with E-state index in [0.717, 1.165) is 16.1 Å². The van der Waals surface area contributed by atoms with Gasteiger partial charge in [-0.1, -0.05) is 6.07 Å². The number of thiophene rings is 1. The highest BCUT2D eigenvalue weighted by atomic mass is 32.1. The van der Waals surface area contributed by atoms with E-state index in [1.165, 1.54) is 0 Å². The Labute approximate surface area is 85.0 Å². The van der Waals surface area contributed by atoms with Crippen LogP contribution in [0, 0.1) is 6.92 Å². The molecule has 0 aliphatic carbocycles. The predicted octanol–water partition coefficient (Wildman–Crippen LogP) is 2.75. The Kier molecular flexibility index (Phi) is 2.13. The van der Waals surface area contributed by atoms with Gasteiger partial charge >= 0.3 is 5.97 Å². The van der Waals surface area contributed by atoms with Crippen LogP contribution in [0.3, 0.4) is 0 Å². The Morgan fingerprint density at radius 2 is 2.36 bits per heavy atom. The molecule has 2 aromatic rings. The van der Waals surface area contributed by atoms with E-state index in [-0.39, 0.29) is 5.69 Å². The number of rotatable bonds is 2. The fourth-order valence-corrected chi connectivity index (χ4v) is 2.04. The predicted molar refractivity (Wildman–Crippen MR) is 55.8 cm³/mol. The Bertz CT molecular complexity index is 456. The normalized spacial score (nSPS) is 10.4. The van der Waals surface area contributed by atoms with Crippen LogP contribution in [0.4, 0.5) is 0 Å². The summed E-state index contributed by atoms with van der Waals surface area (Å²) in [4.78, 5) is 14.7. The lowest BCUT2D eigenvalue weighted by Crippen LogP contribution is -1.98. The summed E-state index contributed by atoms with van der Waals surface area (Å²) in [6.45, 7) is 1.79. The number of aromatic carboxylic acids is 1. The summed E-state index contributed by atoms with van der Waals surface area (Å²) < 4.78 is 0. The zero-order valence-corrected chi connectivity index (χ0v) is 8.39. The van der Waals surface area contributed by atoms with Crippen LogP contribution < -0.4 is 0 Å². The quantitative estimate of drug-likeness (QED) is 0.795. The minimum absolute atomic E-state index is 0.272. The van der Waals surface area contributed by atoms with E-state index < -0.39 is 5.97 Å². The first-order valence-corrected chi connectivity index (χ1v) is 5.03. The smallest absolute Gasteiger partial charge is 0.352 e. The number of hydrogen-bond donors (Lipinski definition) is 2. The monoisotopic (exact) mass is 207 g/mol. The van der Waals surface area contributed by atoms with Crippen molar-refractivity contribution in [3.8, 4) is 10.6 Å². The fourth-order valence-electron chi connectivity index (χ4n) is 1.34. The molecule has 0 aliphatic heterocycles. The minimum Gasteiger partial charge on any atom is -0.477 e. The summed E-state index contributed by atoms with van der Waals surface area (Å²) in [5.74, 6) is -0.912. The fraction of sp³-hybridized carbons (Fsp3) is 0.100. The van der Waals surface area contributed by atoms with Gasteiger partial charge in [0.1, 0.15) is 5.69 Å². The molecule has 2 heterocycles. The second-order valence-electron chi connectivity index (χ2n) is 3.02. The van der Waals surface area contributed by atoms with Gasteiger partial charge in [0, 0.05) is 0 Å². The number of H-pyrrole nitrogens is 1. The number of carboxylic acids is 1. The van der Waals surface area contributed by atoms with E-state index >= 15 is 0 Å². The number of carboxylic acid groups (broad SMARTS) is 1. The molecule has 0 unspecified atom stereocenters. The van der Waals surface area contributed by atoms with Crippen LogP contribution in [0.1, 0.15) is 16.1 Å². The highest BCUT2D eigenvalue weighted by molar-refractivity contribution is 7.13. The summed E-state index contributed by atoms with van der Waals surface area (Å²) in [5, 5.41) is 10.8. The maximum absolute atomic E-state index is 10.8. The van der Waals surface area contributed by atoms with Crippen molar-refractivity contribution in [3.63, 3.8) is 0 Å². The van der Waals surface area contributed by atoms with Crippen molar-refractivity contribution in [1.29, 1.82) is 0 Å². The van der Waals surface area contributed by atoms with Crippen LogP contribution in [-0.2, 0) is 0 Å². The lowest BCUT2D eigenvalue weighted by Gasteiger charge is -1.90. The van der Waals surface area contributed by atoms with Gasteiger partial charge in [-0.2, -0.15) is 0 Å². The first-order chi connectivity index (χ1) is 6.68. The van der Waals surface area contributed by atoms with Gasteiger partial charge in [-0.3, -0.25) is 0 Å². The molecule has 2 rings (SSSR count). The van der Waals surface area contributed by atoms with Gasteiger partial charge in [-0.05, 0) is 30.0 Å². The molecule has 2 aromatic heterocycles.